The summed E-state index contributed by atoms with van der Waals surface area (Å²) in [5, 5.41) is 14.3. The minimum atomic E-state index is -0.966. The Bertz CT molecular complexity index is 224. The fourth-order valence-electron chi connectivity index (χ4n) is 1.51. The Labute approximate surface area is 82.9 Å². The van der Waals surface area contributed by atoms with E-state index in [-0.39, 0.29) is 11.8 Å². The molecule has 1 fully saturated rings. The second-order valence-electron chi connectivity index (χ2n) is 3.50. The molecule has 1 heterocycles. The third-order valence-corrected chi connectivity index (χ3v) is 2.45. The van der Waals surface area contributed by atoms with Gasteiger partial charge in [-0.05, 0) is 19.4 Å². The topological polar surface area (TPSA) is 78.4 Å². The van der Waals surface area contributed by atoms with Crippen molar-refractivity contribution in [3.63, 3.8) is 0 Å². The van der Waals surface area contributed by atoms with Crippen LogP contribution < -0.4 is 10.6 Å². The van der Waals surface area contributed by atoms with Crippen LogP contribution >= 0.6 is 0 Å². The van der Waals surface area contributed by atoms with Crippen LogP contribution in [0.25, 0.3) is 0 Å². The summed E-state index contributed by atoms with van der Waals surface area (Å²) in [7, 11) is 0. The lowest BCUT2D eigenvalue weighted by atomic mass is 10.1. The lowest BCUT2D eigenvalue weighted by Crippen LogP contribution is -2.43. The maximum atomic E-state index is 11.5. The summed E-state index contributed by atoms with van der Waals surface area (Å²) in [4.78, 5) is 22.2. The van der Waals surface area contributed by atoms with Gasteiger partial charge in [0.2, 0.25) is 5.91 Å². The third kappa shape index (κ3) is 2.70. The van der Waals surface area contributed by atoms with E-state index in [1.54, 1.807) is 6.92 Å². The molecule has 0 aromatic carbocycles. The zero-order valence-corrected chi connectivity index (χ0v) is 8.25. The first-order valence-electron chi connectivity index (χ1n) is 4.89. The molecule has 0 aliphatic carbocycles. The quantitative estimate of drug-likeness (QED) is 0.575. The highest BCUT2D eigenvalue weighted by molar-refractivity contribution is 5.85. The number of hydrogen-bond donors (Lipinski definition) is 3. The number of carboxylic acid groups (broad SMARTS) is 1. The number of nitrogens with one attached hydrogen (secondary N) is 2. The van der Waals surface area contributed by atoms with E-state index in [0.29, 0.717) is 13.0 Å². The second-order valence-corrected chi connectivity index (χ2v) is 3.50. The highest BCUT2D eigenvalue weighted by Gasteiger charge is 2.26. The molecule has 1 saturated heterocycles. The Morgan fingerprint density at radius 1 is 1.64 bits per heavy atom. The van der Waals surface area contributed by atoms with Crippen molar-refractivity contribution >= 4 is 11.9 Å². The van der Waals surface area contributed by atoms with Gasteiger partial charge in [-0.3, -0.25) is 4.79 Å². The molecule has 0 saturated carbocycles. The van der Waals surface area contributed by atoms with Crippen molar-refractivity contribution in [2.75, 3.05) is 13.1 Å². The van der Waals surface area contributed by atoms with Crippen molar-refractivity contribution in [2.24, 2.45) is 5.92 Å². The van der Waals surface area contributed by atoms with Crippen LogP contribution in [0.5, 0.6) is 0 Å². The standard InChI is InChI=1S/C9H16N2O3/c1-2-7(9(13)14)11-8(12)6-3-4-10-5-6/h6-7,10H,2-5H2,1H3,(H,11,12)(H,13,14)/t6?,7-/m0/s1. The second kappa shape index (κ2) is 4.95. The van der Waals surface area contributed by atoms with Crippen LogP contribution in [0.1, 0.15) is 19.8 Å². The Morgan fingerprint density at radius 2 is 2.36 bits per heavy atom. The van der Waals surface area contributed by atoms with Gasteiger partial charge in [0.15, 0.2) is 0 Å². The predicted octanol–water partition coefficient (Wildman–Crippen LogP) is -0.425. The Kier molecular flexibility index (Phi) is 3.88. The molecule has 2 atom stereocenters. The lowest BCUT2D eigenvalue weighted by molar-refractivity contribution is -0.142. The SMILES string of the molecule is CC[C@H](NC(=O)C1CCNC1)C(=O)O. The molecule has 0 aromatic heterocycles. The van der Waals surface area contributed by atoms with Crippen LogP contribution in [0.15, 0.2) is 0 Å². The van der Waals surface area contributed by atoms with Gasteiger partial charge in [0.1, 0.15) is 6.04 Å². The molecule has 5 heteroatoms. The normalized spacial score (nSPS) is 23.1. The minimum absolute atomic E-state index is 0.0663. The molecular formula is C9H16N2O3. The van der Waals surface area contributed by atoms with E-state index >= 15 is 0 Å². The van der Waals surface area contributed by atoms with Crippen molar-refractivity contribution in [3.8, 4) is 0 Å². The maximum Gasteiger partial charge on any atom is 0.326 e. The molecule has 0 aromatic rings. The number of hydrogen-bond acceptors (Lipinski definition) is 3. The number of carboxylic acids is 1. The molecule has 1 amide bonds. The van der Waals surface area contributed by atoms with Gasteiger partial charge >= 0.3 is 5.97 Å². The van der Waals surface area contributed by atoms with Crippen molar-refractivity contribution in [3.05, 3.63) is 0 Å². The highest BCUT2D eigenvalue weighted by Crippen LogP contribution is 2.07. The third-order valence-electron chi connectivity index (χ3n) is 2.45. The summed E-state index contributed by atoms with van der Waals surface area (Å²) < 4.78 is 0. The van der Waals surface area contributed by atoms with Crippen molar-refractivity contribution in [1.82, 2.24) is 10.6 Å². The van der Waals surface area contributed by atoms with E-state index < -0.39 is 12.0 Å². The molecule has 0 radical (unpaired) electrons. The number of carbonyl (C=O) groups excluding carboxylic acids is 1. The molecule has 1 aliphatic heterocycles. The van der Waals surface area contributed by atoms with E-state index in [9.17, 15) is 9.59 Å². The largest absolute Gasteiger partial charge is 0.480 e. The van der Waals surface area contributed by atoms with E-state index in [4.69, 9.17) is 5.11 Å². The molecule has 1 aliphatic rings. The molecule has 1 rings (SSSR count). The number of amides is 1. The van der Waals surface area contributed by atoms with Crippen molar-refractivity contribution < 1.29 is 14.7 Å². The summed E-state index contributed by atoms with van der Waals surface area (Å²) >= 11 is 0. The first-order chi connectivity index (χ1) is 6.65. The predicted molar refractivity (Wildman–Crippen MR) is 50.8 cm³/mol. The monoisotopic (exact) mass is 200 g/mol. The summed E-state index contributed by atoms with van der Waals surface area (Å²) in [5.41, 5.74) is 0. The highest BCUT2D eigenvalue weighted by atomic mass is 16.4. The molecule has 5 nitrogen and oxygen atoms in total. The van der Waals surface area contributed by atoms with Crippen LogP contribution in [-0.2, 0) is 9.59 Å². The summed E-state index contributed by atoms with van der Waals surface area (Å²) in [6, 6.07) is -0.747. The summed E-state index contributed by atoms with van der Waals surface area (Å²) in [6.45, 7) is 3.23. The van der Waals surface area contributed by atoms with Gasteiger partial charge in [-0.15, -0.1) is 0 Å². The molecule has 14 heavy (non-hydrogen) atoms. The van der Waals surface area contributed by atoms with E-state index in [2.05, 4.69) is 10.6 Å². The number of rotatable bonds is 4. The number of carbonyl (C=O) groups is 2. The fraction of sp³-hybridized carbons (Fsp3) is 0.778. The van der Waals surface area contributed by atoms with E-state index in [1.165, 1.54) is 0 Å². The molecular weight excluding hydrogens is 184 g/mol. The van der Waals surface area contributed by atoms with Crippen LogP contribution in [0.3, 0.4) is 0 Å². The zero-order chi connectivity index (χ0) is 10.6. The fourth-order valence-corrected chi connectivity index (χ4v) is 1.51. The van der Waals surface area contributed by atoms with Crippen molar-refractivity contribution in [2.45, 2.75) is 25.8 Å². The van der Waals surface area contributed by atoms with Crippen LogP contribution in [-0.4, -0.2) is 36.1 Å². The van der Waals surface area contributed by atoms with Gasteiger partial charge < -0.3 is 15.7 Å². The molecule has 0 bridgehead atoms. The average Bonchev–Trinajstić information content (AvgIpc) is 2.65. The Hall–Kier alpha value is -1.10. The molecule has 3 N–H and O–H groups in total. The Balaban J connectivity index is 2.41. The summed E-state index contributed by atoms with van der Waals surface area (Å²) in [6.07, 6.45) is 1.21. The molecule has 1 unspecified atom stereocenters. The van der Waals surface area contributed by atoms with E-state index in [1.807, 2.05) is 0 Å². The zero-order valence-electron chi connectivity index (χ0n) is 8.25. The smallest absolute Gasteiger partial charge is 0.326 e. The first kappa shape index (κ1) is 11.0. The maximum absolute atomic E-state index is 11.5. The van der Waals surface area contributed by atoms with Gasteiger partial charge in [-0.2, -0.15) is 0 Å². The van der Waals surface area contributed by atoms with Gasteiger partial charge in [0.25, 0.3) is 0 Å². The van der Waals surface area contributed by atoms with E-state index in [0.717, 1.165) is 13.0 Å². The van der Waals surface area contributed by atoms with Crippen LogP contribution in [0.2, 0.25) is 0 Å². The average molecular weight is 200 g/mol. The van der Waals surface area contributed by atoms with Crippen molar-refractivity contribution in [1.29, 1.82) is 0 Å². The van der Waals surface area contributed by atoms with Crippen LogP contribution in [0, 0.1) is 5.92 Å². The van der Waals surface area contributed by atoms with Gasteiger partial charge in [-0.1, -0.05) is 6.92 Å². The van der Waals surface area contributed by atoms with Crippen LogP contribution in [0.4, 0.5) is 0 Å². The molecule has 0 spiro atoms. The lowest BCUT2D eigenvalue weighted by Gasteiger charge is -2.15. The first-order valence-corrected chi connectivity index (χ1v) is 4.89. The minimum Gasteiger partial charge on any atom is -0.480 e. The molecule has 80 valence electrons. The van der Waals surface area contributed by atoms with Gasteiger partial charge in [0.05, 0.1) is 5.92 Å². The van der Waals surface area contributed by atoms with Gasteiger partial charge in [0, 0.05) is 6.54 Å². The van der Waals surface area contributed by atoms with Gasteiger partial charge in [-0.25, -0.2) is 4.79 Å². The Morgan fingerprint density at radius 3 is 2.79 bits per heavy atom. The number of aliphatic carboxylic acids is 1. The summed E-state index contributed by atoms with van der Waals surface area (Å²) in [5.74, 6) is -1.18.